The van der Waals surface area contributed by atoms with Crippen molar-refractivity contribution in [1.29, 1.82) is 0 Å². The average molecular weight is 542 g/mol. The number of hydrogen-bond acceptors (Lipinski definition) is 8. The summed E-state index contributed by atoms with van der Waals surface area (Å²) in [6.07, 6.45) is 12.6. The number of aliphatic hydroxyl groups is 1. The number of carbonyl (C=O) groups excluding carboxylic acids is 1. The number of carbonyl (C=O) groups is 1. The summed E-state index contributed by atoms with van der Waals surface area (Å²) in [5.41, 5.74) is 0.916. The van der Waals surface area contributed by atoms with E-state index in [4.69, 9.17) is 18.9 Å². The number of fused-ring (bicyclic) bond motifs is 2. The Hall–Kier alpha value is -2.26. The lowest BCUT2D eigenvalue weighted by atomic mass is 9.71. The normalized spacial score (nSPS) is 46.5. The number of oxime groups is 1. The fraction of sp³-hybridized carbons (Fsp3) is 0.677. The molecule has 0 aromatic heterocycles. The minimum atomic E-state index is -1.72. The molecule has 1 unspecified atom stereocenters. The van der Waals surface area contributed by atoms with Crippen molar-refractivity contribution in [3.8, 4) is 0 Å². The van der Waals surface area contributed by atoms with Gasteiger partial charge in [-0.15, -0.1) is 0 Å². The molecule has 0 radical (unpaired) electrons. The molecule has 0 amide bonds. The maximum atomic E-state index is 13.9. The number of ether oxygens (including phenoxy) is 4. The molecular formula is C31H43NO7. The van der Waals surface area contributed by atoms with Crippen LogP contribution in [-0.4, -0.2) is 64.4 Å². The maximum absolute atomic E-state index is 13.9. The number of rotatable bonds is 0. The van der Waals surface area contributed by atoms with Crippen LogP contribution in [-0.2, 0) is 23.7 Å². The first-order valence-electron chi connectivity index (χ1n) is 14.4. The second kappa shape index (κ2) is 11.0. The van der Waals surface area contributed by atoms with Crippen molar-refractivity contribution in [3.05, 3.63) is 47.1 Å². The largest absolute Gasteiger partial charge is 0.462 e. The molecular weight excluding hydrogens is 498 g/mol. The quantitative estimate of drug-likeness (QED) is 0.192. The monoisotopic (exact) mass is 541 g/mol. The van der Waals surface area contributed by atoms with Crippen LogP contribution >= 0.6 is 0 Å². The third-order valence-electron chi connectivity index (χ3n) is 9.25. The van der Waals surface area contributed by atoms with Gasteiger partial charge in [-0.1, -0.05) is 55.0 Å². The predicted octanol–water partition coefficient (Wildman–Crippen LogP) is 5.00. The second-order valence-electron chi connectivity index (χ2n) is 12.4. The van der Waals surface area contributed by atoms with Gasteiger partial charge in [0, 0.05) is 19.3 Å². The molecule has 8 nitrogen and oxygen atoms in total. The zero-order valence-corrected chi connectivity index (χ0v) is 23.8. The van der Waals surface area contributed by atoms with Crippen molar-refractivity contribution in [1.82, 2.24) is 0 Å². The SMILES string of the molecule is CC1=C[C@H]2C(=O)O[C@H]3C[C@@H](C/C=C(\C)C[C@@H](C)/C=C/C=C4CO[C@H](/C1=N/O)[C@]42O)O[C@]1(CC[C@H](C)C(C)O1)C3. The summed E-state index contributed by atoms with van der Waals surface area (Å²) in [6.45, 7) is 10.4. The zero-order chi connectivity index (χ0) is 27.9. The minimum absolute atomic E-state index is 0.0431. The van der Waals surface area contributed by atoms with E-state index in [-0.39, 0.29) is 30.4 Å². The Morgan fingerprint density at radius 2 is 1.92 bits per heavy atom. The number of esters is 1. The van der Waals surface area contributed by atoms with Gasteiger partial charge in [0.2, 0.25) is 0 Å². The molecule has 8 heteroatoms. The van der Waals surface area contributed by atoms with Gasteiger partial charge in [0.15, 0.2) is 5.79 Å². The molecule has 3 fully saturated rings. The van der Waals surface area contributed by atoms with E-state index < -0.39 is 35.5 Å². The van der Waals surface area contributed by atoms with Crippen LogP contribution in [0.4, 0.5) is 0 Å². The number of hydrogen-bond donors (Lipinski definition) is 2. The summed E-state index contributed by atoms with van der Waals surface area (Å²) in [6, 6.07) is 0. The van der Waals surface area contributed by atoms with Gasteiger partial charge < -0.3 is 29.3 Å². The lowest BCUT2D eigenvalue weighted by molar-refractivity contribution is -0.332. The lowest BCUT2D eigenvalue weighted by Crippen LogP contribution is -2.57. The molecule has 5 aliphatic rings. The highest BCUT2D eigenvalue weighted by Gasteiger charge is 2.59. The Bertz CT molecular complexity index is 1120. The van der Waals surface area contributed by atoms with Gasteiger partial charge in [-0.05, 0) is 63.0 Å². The van der Waals surface area contributed by atoms with Crippen LogP contribution in [0.1, 0.15) is 73.1 Å². The van der Waals surface area contributed by atoms with Crippen molar-refractivity contribution < 1.29 is 34.1 Å². The van der Waals surface area contributed by atoms with Crippen LogP contribution < -0.4 is 0 Å². The summed E-state index contributed by atoms with van der Waals surface area (Å²) in [7, 11) is 0. The summed E-state index contributed by atoms with van der Waals surface area (Å²) in [5, 5.41) is 25.2. The van der Waals surface area contributed by atoms with Gasteiger partial charge in [-0.25, -0.2) is 0 Å². The van der Waals surface area contributed by atoms with Gasteiger partial charge in [0.1, 0.15) is 29.4 Å². The van der Waals surface area contributed by atoms with Crippen LogP contribution in [0.3, 0.4) is 0 Å². The van der Waals surface area contributed by atoms with Crippen LogP contribution in [0.15, 0.2) is 52.3 Å². The Kier molecular flexibility index (Phi) is 7.94. The van der Waals surface area contributed by atoms with E-state index in [2.05, 4.69) is 45.0 Å². The molecule has 39 heavy (non-hydrogen) atoms. The molecule has 4 aliphatic heterocycles. The van der Waals surface area contributed by atoms with Crippen LogP contribution in [0.25, 0.3) is 0 Å². The van der Waals surface area contributed by atoms with Gasteiger partial charge in [0.25, 0.3) is 0 Å². The standard InChI is InChI=1S/C31H43NO7/c1-18-7-6-8-23-17-36-28-27(32-35)21(4)14-26(31(23,28)34)29(33)37-25-15-24(10-9-19(2)13-18)39-30(16-25)12-11-20(3)22(5)38-30/h6-9,14,18,20,22,24-26,28,34-35H,10-13,15-17H2,1-5H3/b7-6+,19-9+,23-8?,32-27+/t18-,20-,22?,24+,25-,26-,28+,30+,31-/m0/s1. The first-order valence-corrected chi connectivity index (χ1v) is 14.4. The fourth-order valence-electron chi connectivity index (χ4n) is 6.85. The van der Waals surface area contributed by atoms with Gasteiger partial charge in [0.05, 0.1) is 18.8 Å². The molecule has 2 N–H and O–H groups in total. The van der Waals surface area contributed by atoms with E-state index in [9.17, 15) is 15.1 Å². The number of allylic oxidation sites excluding steroid dienone is 4. The van der Waals surface area contributed by atoms with E-state index in [1.165, 1.54) is 5.57 Å². The molecule has 9 atom stereocenters. The van der Waals surface area contributed by atoms with Gasteiger partial charge in [-0.3, -0.25) is 4.79 Å². The Morgan fingerprint density at radius 3 is 2.67 bits per heavy atom. The average Bonchev–Trinajstić information content (AvgIpc) is 3.21. The topological polar surface area (TPSA) is 107 Å². The van der Waals surface area contributed by atoms with E-state index in [1.54, 1.807) is 13.0 Å². The molecule has 0 saturated carbocycles. The molecule has 1 spiro atoms. The molecule has 214 valence electrons. The smallest absolute Gasteiger partial charge is 0.316 e. The van der Waals surface area contributed by atoms with Crippen LogP contribution in [0, 0.1) is 17.8 Å². The Morgan fingerprint density at radius 1 is 1.13 bits per heavy atom. The summed E-state index contributed by atoms with van der Waals surface area (Å²) in [4.78, 5) is 13.9. The second-order valence-corrected chi connectivity index (χ2v) is 12.4. The lowest BCUT2D eigenvalue weighted by Gasteiger charge is -2.49. The molecule has 4 heterocycles. The molecule has 3 saturated heterocycles. The first-order chi connectivity index (χ1) is 18.5. The first kappa shape index (κ1) is 28.3. The summed E-state index contributed by atoms with van der Waals surface area (Å²) >= 11 is 0. The van der Waals surface area contributed by atoms with E-state index in [0.717, 1.165) is 19.3 Å². The third-order valence-corrected chi connectivity index (χ3v) is 9.25. The highest BCUT2D eigenvalue weighted by molar-refractivity contribution is 6.06. The van der Waals surface area contributed by atoms with Crippen molar-refractivity contribution in [3.63, 3.8) is 0 Å². The highest BCUT2D eigenvalue weighted by Crippen LogP contribution is 2.46. The van der Waals surface area contributed by atoms with Crippen LogP contribution in [0.2, 0.25) is 0 Å². The van der Waals surface area contributed by atoms with E-state index in [0.29, 0.717) is 36.3 Å². The minimum Gasteiger partial charge on any atom is -0.462 e. The molecule has 5 rings (SSSR count). The van der Waals surface area contributed by atoms with Crippen molar-refractivity contribution in [2.24, 2.45) is 22.9 Å². The predicted molar refractivity (Wildman–Crippen MR) is 146 cm³/mol. The summed E-state index contributed by atoms with van der Waals surface area (Å²) < 4.78 is 25.3. The van der Waals surface area contributed by atoms with E-state index in [1.807, 2.05) is 12.2 Å². The zero-order valence-electron chi connectivity index (χ0n) is 23.8. The van der Waals surface area contributed by atoms with Crippen LogP contribution in [0.5, 0.6) is 0 Å². The van der Waals surface area contributed by atoms with Gasteiger partial charge >= 0.3 is 5.97 Å². The summed E-state index contributed by atoms with van der Waals surface area (Å²) in [5.74, 6) is -1.62. The maximum Gasteiger partial charge on any atom is 0.316 e. The Balaban J connectivity index is 1.53. The van der Waals surface area contributed by atoms with Crippen molar-refractivity contribution in [2.75, 3.05) is 6.61 Å². The Labute approximate surface area is 231 Å². The fourth-order valence-corrected chi connectivity index (χ4v) is 6.85. The van der Waals surface area contributed by atoms with Crippen molar-refractivity contribution in [2.45, 2.75) is 109 Å². The highest BCUT2D eigenvalue weighted by atomic mass is 16.7. The van der Waals surface area contributed by atoms with Gasteiger partial charge in [-0.2, -0.15) is 0 Å². The molecule has 0 aromatic carbocycles. The third kappa shape index (κ3) is 5.41. The molecule has 1 aliphatic carbocycles. The van der Waals surface area contributed by atoms with E-state index >= 15 is 0 Å². The molecule has 0 aromatic rings. The molecule has 2 bridgehead atoms. The van der Waals surface area contributed by atoms with Crippen molar-refractivity contribution >= 4 is 11.7 Å². The number of nitrogens with zero attached hydrogens (tertiary/aromatic N) is 1.